The lowest BCUT2D eigenvalue weighted by Gasteiger charge is -2.11. The molecule has 0 fully saturated rings. The maximum absolute atomic E-state index is 14.1. The lowest BCUT2D eigenvalue weighted by molar-refractivity contribution is 0.440. The molecule has 0 heterocycles. The first-order valence-electron chi connectivity index (χ1n) is 7.22. The maximum Gasteiger partial charge on any atom is 0.166 e. The normalized spacial score (nSPS) is 11.0. The highest BCUT2D eigenvalue weighted by molar-refractivity contribution is 5.38. The molecule has 0 bridgehead atoms. The largest absolute Gasteiger partial charge is 0.454 e. The highest BCUT2D eigenvalue weighted by Crippen LogP contribution is 2.26. The zero-order chi connectivity index (χ0) is 15.4. The van der Waals surface area contributed by atoms with E-state index in [2.05, 4.69) is 19.2 Å². The summed E-state index contributed by atoms with van der Waals surface area (Å²) in [5.41, 5.74) is 3.23. The third-order valence-electron chi connectivity index (χ3n) is 3.42. The average molecular weight is 287 g/mol. The van der Waals surface area contributed by atoms with E-state index < -0.39 is 0 Å². The van der Waals surface area contributed by atoms with Gasteiger partial charge in [-0.15, -0.1) is 0 Å². The predicted molar refractivity (Wildman–Crippen MR) is 84.4 cm³/mol. The van der Waals surface area contributed by atoms with Gasteiger partial charge < -0.3 is 10.1 Å². The van der Waals surface area contributed by atoms with Crippen LogP contribution in [0.15, 0.2) is 36.4 Å². The van der Waals surface area contributed by atoms with E-state index in [1.54, 1.807) is 6.07 Å². The second kappa shape index (κ2) is 6.72. The number of nitrogens with one attached hydrogen (secondary N) is 1. The maximum atomic E-state index is 14.1. The fourth-order valence-corrected chi connectivity index (χ4v) is 1.96. The van der Waals surface area contributed by atoms with Crippen molar-refractivity contribution in [1.29, 1.82) is 0 Å². The predicted octanol–water partition coefficient (Wildman–Crippen LogP) is 4.73. The Morgan fingerprint density at radius 1 is 1.05 bits per heavy atom. The zero-order valence-electron chi connectivity index (χ0n) is 13.0. The third-order valence-corrected chi connectivity index (χ3v) is 3.42. The second-order valence-electron chi connectivity index (χ2n) is 5.65. The summed E-state index contributed by atoms with van der Waals surface area (Å²) in [6.07, 6.45) is 0. The van der Waals surface area contributed by atoms with E-state index in [9.17, 15) is 4.39 Å². The van der Waals surface area contributed by atoms with Crippen LogP contribution in [0.25, 0.3) is 0 Å². The van der Waals surface area contributed by atoms with Crippen molar-refractivity contribution in [2.75, 3.05) is 0 Å². The molecule has 0 aliphatic carbocycles. The smallest absolute Gasteiger partial charge is 0.166 e. The van der Waals surface area contributed by atoms with Gasteiger partial charge in [-0.25, -0.2) is 4.39 Å². The number of aryl methyl sites for hydroxylation is 2. The Balaban J connectivity index is 2.11. The standard InChI is InChI=1S/C18H22FNO/c1-12(2)20-11-15-6-8-18(17(19)10-15)21-16-7-5-13(3)14(4)9-16/h5-10,12,20H,11H2,1-4H3. The van der Waals surface area contributed by atoms with Gasteiger partial charge in [0.25, 0.3) is 0 Å². The minimum absolute atomic E-state index is 0.256. The van der Waals surface area contributed by atoms with Crippen LogP contribution in [0.2, 0.25) is 0 Å². The quantitative estimate of drug-likeness (QED) is 0.858. The highest BCUT2D eigenvalue weighted by Gasteiger charge is 2.07. The van der Waals surface area contributed by atoms with Gasteiger partial charge in [-0.2, -0.15) is 0 Å². The van der Waals surface area contributed by atoms with Crippen molar-refractivity contribution in [3.63, 3.8) is 0 Å². The number of hydrogen-bond acceptors (Lipinski definition) is 2. The summed E-state index contributed by atoms with van der Waals surface area (Å²) in [5, 5.41) is 3.26. The highest BCUT2D eigenvalue weighted by atomic mass is 19.1. The molecule has 0 saturated heterocycles. The molecule has 2 aromatic carbocycles. The van der Waals surface area contributed by atoms with Crippen molar-refractivity contribution in [2.24, 2.45) is 0 Å². The Labute approximate surface area is 126 Å². The van der Waals surface area contributed by atoms with E-state index in [0.717, 1.165) is 11.1 Å². The molecule has 1 N–H and O–H groups in total. The van der Waals surface area contributed by atoms with Crippen LogP contribution in [0.4, 0.5) is 4.39 Å². The van der Waals surface area contributed by atoms with Crippen molar-refractivity contribution in [2.45, 2.75) is 40.3 Å². The molecule has 0 spiro atoms. The van der Waals surface area contributed by atoms with Crippen molar-refractivity contribution in [1.82, 2.24) is 5.32 Å². The van der Waals surface area contributed by atoms with Crippen LogP contribution >= 0.6 is 0 Å². The number of hydrogen-bond donors (Lipinski definition) is 1. The minimum Gasteiger partial charge on any atom is -0.454 e. The van der Waals surface area contributed by atoms with Crippen molar-refractivity contribution < 1.29 is 9.13 Å². The Kier molecular flexibility index (Phi) is 4.97. The molecule has 3 heteroatoms. The van der Waals surface area contributed by atoms with Crippen LogP contribution in [0.3, 0.4) is 0 Å². The van der Waals surface area contributed by atoms with Crippen molar-refractivity contribution in [3.8, 4) is 11.5 Å². The number of ether oxygens (including phenoxy) is 1. The Morgan fingerprint density at radius 3 is 2.43 bits per heavy atom. The second-order valence-corrected chi connectivity index (χ2v) is 5.65. The van der Waals surface area contributed by atoms with Gasteiger partial charge in [-0.3, -0.25) is 0 Å². The molecule has 112 valence electrons. The van der Waals surface area contributed by atoms with Gasteiger partial charge in [-0.1, -0.05) is 26.0 Å². The molecule has 0 aromatic heterocycles. The van der Waals surface area contributed by atoms with Crippen LogP contribution in [0.1, 0.15) is 30.5 Å². The van der Waals surface area contributed by atoms with E-state index in [4.69, 9.17) is 4.74 Å². The summed E-state index contributed by atoms with van der Waals surface area (Å²) in [6.45, 7) is 8.83. The van der Waals surface area contributed by atoms with Gasteiger partial charge in [0.05, 0.1) is 0 Å². The topological polar surface area (TPSA) is 21.3 Å². The molecule has 0 aliphatic rings. The van der Waals surface area contributed by atoms with Gasteiger partial charge in [0.15, 0.2) is 11.6 Å². The molecule has 0 saturated carbocycles. The SMILES string of the molecule is Cc1ccc(Oc2ccc(CNC(C)C)cc2F)cc1C. The monoisotopic (exact) mass is 287 g/mol. The van der Waals surface area contributed by atoms with Crippen LogP contribution in [0, 0.1) is 19.7 Å². The number of benzene rings is 2. The molecule has 2 rings (SSSR count). The van der Waals surface area contributed by atoms with E-state index >= 15 is 0 Å². The number of rotatable bonds is 5. The van der Waals surface area contributed by atoms with Gasteiger partial charge in [0, 0.05) is 12.6 Å². The van der Waals surface area contributed by atoms with E-state index in [1.165, 1.54) is 11.6 Å². The fraction of sp³-hybridized carbons (Fsp3) is 0.333. The summed E-state index contributed by atoms with van der Waals surface area (Å²) in [7, 11) is 0. The van der Waals surface area contributed by atoms with Crippen LogP contribution in [0.5, 0.6) is 11.5 Å². The van der Waals surface area contributed by atoms with E-state index in [0.29, 0.717) is 18.3 Å². The molecule has 0 atom stereocenters. The van der Waals surface area contributed by atoms with Crippen LogP contribution in [-0.2, 0) is 6.54 Å². The molecular weight excluding hydrogens is 265 g/mol. The molecule has 0 aliphatic heterocycles. The third kappa shape index (κ3) is 4.30. The van der Waals surface area contributed by atoms with Crippen molar-refractivity contribution in [3.05, 3.63) is 58.9 Å². The van der Waals surface area contributed by atoms with E-state index in [-0.39, 0.29) is 11.6 Å². The number of halogens is 1. The lowest BCUT2D eigenvalue weighted by Crippen LogP contribution is -2.21. The van der Waals surface area contributed by atoms with Crippen LogP contribution < -0.4 is 10.1 Å². The van der Waals surface area contributed by atoms with Gasteiger partial charge in [0.2, 0.25) is 0 Å². The Morgan fingerprint density at radius 2 is 1.81 bits per heavy atom. The van der Waals surface area contributed by atoms with Gasteiger partial charge >= 0.3 is 0 Å². The minimum atomic E-state index is -0.337. The first-order chi connectivity index (χ1) is 9.95. The summed E-state index contributed by atoms with van der Waals surface area (Å²) in [5.74, 6) is 0.577. The molecule has 0 radical (unpaired) electrons. The lowest BCUT2D eigenvalue weighted by atomic mass is 10.1. The molecule has 2 aromatic rings. The first kappa shape index (κ1) is 15.5. The Hall–Kier alpha value is -1.87. The summed E-state index contributed by atoms with van der Waals surface area (Å²) < 4.78 is 19.7. The summed E-state index contributed by atoms with van der Waals surface area (Å²) in [6, 6.07) is 11.2. The molecule has 0 unspecified atom stereocenters. The molecule has 0 amide bonds. The van der Waals surface area contributed by atoms with E-state index in [1.807, 2.05) is 38.1 Å². The van der Waals surface area contributed by atoms with Gasteiger partial charge in [-0.05, 0) is 54.8 Å². The molecule has 21 heavy (non-hydrogen) atoms. The summed E-state index contributed by atoms with van der Waals surface area (Å²) >= 11 is 0. The Bertz CT molecular complexity index is 623. The first-order valence-corrected chi connectivity index (χ1v) is 7.22. The molecular formula is C18H22FNO. The molecule has 2 nitrogen and oxygen atoms in total. The zero-order valence-corrected chi connectivity index (χ0v) is 13.0. The summed E-state index contributed by atoms with van der Waals surface area (Å²) in [4.78, 5) is 0. The van der Waals surface area contributed by atoms with Crippen LogP contribution in [-0.4, -0.2) is 6.04 Å². The average Bonchev–Trinajstić information content (AvgIpc) is 2.43. The van der Waals surface area contributed by atoms with Crippen molar-refractivity contribution >= 4 is 0 Å². The fourth-order valence-electron chi connectivity index (χ4n) is 1.96. The van der Waals surface area contributed by atoms with Gasteiger partial charge in [0.1, 0.15) is 5.75 Å².